The van der Waals surface area contributed by atoms with E-state index >= 15 is 0 Å². The summed E-state index contributed by atoms with van der Waals surface area (Å²) in [4.78, 5) is 5.09. The summed E-state index contributed by atoms with van der Waals surface area (Å²) in [6.07, 6.45) is 4.41. The highest BCUT2D eigenvalue weighted by Gasteiger charge is 2.50. The number of para-hydroxylation sites is 1. The lowest BCUT2D eigenvalue weighted by molar-refractivity contribution is 0.108. The maximum atomic E-state index is 14.0. The Balaban J connectivity index is 1.46. The van der Waals surface area contributed by atoms with E-state index in [1.165, 1.54) is 12.5 Å². The van der Waals surface area contributed by atoms with E-state index in [4.69, 9.17) is 0 Å². The first-order valence-corrected chi connectivity index (χ1v) is 12.1. The molecule has 178 valence electrons. The molecule has 3 atom stereocenters. The quantitative estimate of drug-likeness (QED) is 0.652. The first-order chi connectivity index (χ1) is 15.7. The predicted octanol–water partition coefficient (Wildman–Crippen LogP) is 3.60. The molecule has 2 saturated heterocycles. The van der Waals surface area contributed by atoms with Gasteiger partial charge < -0.3 is 20.6 Å². The van der Waals surface area contributed by atoms with Crippen molar-refractivity contribution >= 4 is 11.5 Å². The number of nitrogens with one attached hydrogen (secondary N) is 2. The second kappa shape index (κ2) is 8.09. The predicted molar refractivity (Wildman–Crippen MR) is 129 cm³/mol. The number of fused-ring (bicyclic) bond motifs is 3. The van der Waals surface area contributed by atoms with Gasteiger partial charge >= 0.3 is 0 Å². The van der Waals surface area contributed by atoms with Gasteiger partial charge in [-0.3, -0.25) is 4.90 Å². The summed E-state index contributed by atoms with van der Waals surface area (Å²) in [7, 11) is 2.29. The summed E-state index contributed by atoms with van der Waals surface area (Å²) in [6, 6.07) is 7.46. The van der Waals surface area contributed by atoms with Gasteiger partial charge in [-0.15, -0.1) is 10.2 Å². The number of piperidine rings is 1. The molecule has 0 spiro atoms. The molecule has 7 nitrogen and oxygen atoms in total. The Kier molecular flexibility index (Phi) is 5.48. The minimum absolute atomic E-state index is 0.00134. The van der Waals surface area contributed by atoms with Crippen molar-refractivity contribution in [2.45, 2.75) is 69.6 Å². The fraction of sp³-hybridized carbons (Fsp3) is 0.600. The van der Waals surface area contributed by atoms with Gasteiger partial charge in [0.2, 0.25) is 0 Å². The van der Waals surface area contributed by atoms with E-state index in [0.717, 1.165) is 50.4 Å². The van der Waals surface area contributed by atoms with Crippen LogP contribution in [0.5, 0.6) is 5.75 Å². The molecular weight excluding hydrogens is 419 g/mol. The molecule has 0 bridgehead atoms. The van der Waals surface area contributed by atoms with E-state index in [-0.39, 0.29) is 16.8 Å². The van der Waals surface area contributed by atoms with Crippen molar-refractivity contribution in [3.05, 3.63) is 30.1 Å². The van der Waals surface area contributed by atoms with Crippen molar-refractivity contribution in [3.63, 3.8) is 0 Å². The fourth-order valence-corrected chi connectivity index (χ4v) is 6.07. The van der Waals surface area contributed by atoms with Gasteiger partial charge in [0.15, 0.2) is 17.4 Å². The molecule has 2 aromatic rings. The van der Waals surface area contributed by atoms with Crippen molar-refractivity contribution in [1.29, 1.82) is 0 Å². The Hall–Kier alpha value is -2.45. The number of phenolic OH excluding ortho intramolecular Hbond substituents is 1. The number of anilines is 2. The molecule has 1 aromatic carbocycles. The van der Waals surface area contributed by atoms with Gasteiger partial charge in [0.25, 0.3) is 0 Å². The first kappa shape index (κ1) is 22.3. The van der Waals surface area contributed by atoms with Crippen molar-refractivity contribution in [2.75, 3.05) is 36.9 Å². The Labute approximate surface area is 195 Å². The number of halogens is 1. The number of likely N-dealkylation sites (N-methyl/N-ethyl adjacent to an activating group) is 1. The lowest BCUT2D eigenvalue weighted by Crippen LogP contribution is -2.54. The minimum Gasteiger partial charge on any atom is -0.504 e. The molecule has 0 saturated carbocycles. The zero-order chi connectivity index (χ0) is 23.4. The molecule has 3 aliphatic rings. The number of rotatable bonds is 4. The number of aromatic hydroxyl groups is 1. The van der Waals surface area contributed by atoms with E-state index in [1.807, 2.05) is 6.07 Å². The number of phenols is 1. The van der Waals surface area contributed by atoms with Crippen LogP contribution in [0.25, 0.3) is 11.3 Å². The Morgan fingerprint density at radius 3 is 2.82 bits per heavy atom. The Bertz CT molecular complexity index is 1050. The standard InChI is InChI=1S/C25H35FN6O/c1-5-25-13-17(31(4)16-9-10-28-24(2,3)12-16)14-32(25)21-11-20(29-30-23(21)27-15-25)18-7-6-8-19(26)22(18)33/h6-8,11,16-17,28,33H,5,9-10,12-15H2,1-4H3,(H,27,30)/t16?,17-,25-/m1/s1. The molecule has 1 unspecified atom stereocenters. The maximum absolute atomic E-state index is 14.0. The summed E-state index contributed by atoms with van der Waals surface area (Å²) in [5.74, 6) is -0.282. The van der Waals surface area contributed by atoms with Crippen LogP contribution < -0.4 is 15.5 Å². The van der Waals surface area contributed by atoms with E-state index < -0.39 is 5.82 Å². The molecule has 3 aliphatic heterocycles. The second-order valence-electron chi connectivity index (χ2n) is 10.6. The number of nitrogens with zero attached hydrogens (tertiary/aromatic N) is 4. The summed E-state index contributed by atoms with van der Waals surface area (Å²) in [6.45, 7) is 9.64. The lowest BCUT2D eigenvalue weighted by atomic mass is 9.86. The lowest BCUT2D eigenvalue weighted by Gasteiger charge is -2.44. The largest absolute Gasteiger partial charge is 0.504 e. The number of hydrogen-bond acceptors (Lipinski definition) is 7. The number of hydrogen-bond donors (Lipinski definition) is 3. The third-order valence-corrected chi connectivity index (χ3v) is 8.13. The minimum atomic E-state index is -0.652. The molecule has 8 heteroatoms. The van der Waals surface area contributed by atoms with Gasteiger partial charge in [0.1, 0.15) is 0 Å². The maximum Gasteiger partial charge on any atom is 0.172 e. The molecule has 5 rings (SSSR count). The third-order valence-electron chi connectivity index (χ3n) is 8.13. The van der Waals surface area contributed by atoms with E-state index in [2.05, 4.69) is 58.4 Å². The van der Waals surface area contributed by atoms with Crippen LogP contribution in [-0.4, -0.2) is 70.0 Å². The van der Waals surface area contributed by atoms with Crippen LogP contribution in [0.1, 0.15) is 46.5 Å². The summed E-state index contributed by atoms with van der Waals surface area (Å²) in [5.41, 5.74) is 1.99. The van der Waals surface area contributed by atoms with Gasteiger partial charge in [-0.2, -0.15) is 0 Å². The highest BCUT2D eigenvalue weighted by Crippen LogP contribution is 2.46. The van der Waals surface area contributed by atoms with Crippen LogP contribution in [0.4, 0.5) is 15.9 Å². The first-order valence-electron chi connectivity index (χ1n) is 12.1. The monoisotopic (exact) mass is 454 g/mol. The van der Waals surface area contributed by atoms with E-state index in [0.29, 0.717) is 23.3 Å². The van der Waals surface area contributed by atoms with Gasteiger partial charge in [-0.25, -0.2) is 4.39 Å². The van der Waals surface area contributed by atoms with Gasteiger partial charge in [-0.05, 0) is 71.3 Å². The Morgan fingerprint density at radius 1 is 1.24 bits per heavy atom. The molecule has 0 radical (unpaired) electrons. The molecule has 0 aliphatic carbocycles. The molecule has 1 aromatic heterocycles. The summed E-state index contributed by atoms with van der Waals surface area (Å²) in [5, 5.41) is 26.1. The van der Waals surface area contributed by atoms with Crippen molar-refractivity contribution in [2.24, 2.45) is 0 Å². The van der Waals surface area contributed by atoms with Crippen LogP contribution in [0.15, 0.2) is 24.3 Å². The van der Waals surface area contributed by atoms with Crippen LogP contribution in [0, 0.1) is 5.82 Å². The van der Waals surface area contributed by atoms with Crippen LogP contribution in [0.2, 0.25) is 0 Å². The second-order valence-corrected chi connectivity index (χ2v) is 10.6. The highest BCUT2D eigenvalue weighted by atomic mass is 19.1. The average Bonchev–Trinajstić information content (AvgIpc) is 3.20. The average molecular weight is 455 g/mol. The fourth-order valence-electron chi connectivity index (χ4n) is 6.07. The van der Waals surface area contributed by atoms with Gasteiger partial charge in [0, 0.05) is 36.3 Å². The Morgan fingerprint density at radius 2 is 2.06 bits per heavy atom. The smallest absolute Gasteiger partial charge is 0.172 e. The number of aromatic nitrogens is 2. The molecule has 4 heterocycles. The van der Waals surface area contributed by atoms with Crippen LogP contribution in [-0.2, 0) is 0 Å². The van der Waals surface area contributed by atoms with Crippen molar-refractivity contribution in [1.82, 2.24) is 20.4 Å². The van der Waals surface area contributed by atoms with E-state index in [9.17, 15) is 9.50 Å². The topological polar surface area (TPSA) is 76.6 Å². The molecular formula is C25H35FN6O. The van der Waals surface area contributed by atoms with Gasteiger partial charge in [0.05, 0.1) is 16.9 Å². The van der Waals surface area contributed by atoms with Gasteiger partial charge in [-0.1, -0.05) is 13.0 Å². The van der Waals surface area contributed by atoms with Crippen molar-refractivity contribution in [3.8, 4) is 17.0 Å². The SMILES string of the molecule is CC[C@@]12CNc3nnc(-c4cccc(F)c4O)cc3N1C[C@H](N(C)C1CCNC(C)(C)C1)C2. The summed E-state index contributed by atoms with van der Waals surface area (Å²) >= 11 is 0. The van der Waals surface area contributed by atoms with Crippen molar-refractivity contribution < 1.29 is 9.50 Å². The number of benzene rings is 1. The third kappa shape index (κ3) is 3.83. The summed E-state index contributed by atoms with van der Waals surface area (Å²) < 4.78 is 14.0. The molecule has 2 fully saturated rings. The molecule has 33 heavy (non-hydrogen) atoms. The highest BCUT2D eigenvalue weighted by molar-refractivity contribution is 5.77. The zero-order valence-corrected chi connectivity index (χ0v) is 20.0. The zero-order valence-electron chi connectivity index (χ0n) is 20.0. The molecule has 0 amide bonds. The van der Waals surface area contributed by atoms with E-state index in [1.54, 1.807) is 12.1 Å². The van der Waals surface area contributed by atoms with Crippen LogP contribution in [0.3, 0.4) is 0 Å². The normalized spacial score (nSPS) is 28.4. The molecule has 3 N–H and O–H groups in total. The van der Waals surface area contributed by atoms with Crippen LogP contribution >= 0.6 is 0 Å².